The predicted molar refractivity (Wildman–Crippen MR) is 51.5 cm³/mol. The fourth-order valence-corrected chi connectivity index (χ4v) is 0.663. The molecular formula is C10H16O4. The monoisotopic (exact) mass is 200 g/mol. The van der Waals surface area contributed by atoms with E-state index < -0.39 is 11.6 Å². The molecule has 0 aromatic carbocycles. The van der Waals surface area contributed by atoms with Crippen LogP contribution in [0.3, 0.4) is 0 Å². The summed E-state index contributed by atoms with van der Waals surface area (Å²) in [6.45, 7) is 5.18. The molecule has 0 bridgehead atoms. The fraction of sp³-hybridized carbons (Fsp3) is 0.700. The Morgan fingerprint density at radius 3 is 2.50 bits per heavy atom. The number of aliphatic hydroxyl groups is 1. The van der Waals surface area contributed by atoms with Crippen LogP contribution in [0.2, 0.25) is 0 Å². The van der Waals surface area contributed by atoms with Crippen LogP contribution in [0.4, 0.5) is 0 Å². The van der Waals surface area contributed by atoms with Gasteiger partial charge < -0.3 is 14.6 Å². The molecular weight excluding hydrogens is 184 g/mol. The van der Waals surface area contributed by atoms with Crippen LogP contribution in [-0.4, -0.2) is 36.5 Å². The van der Waals surface area contributed by atoms with E-state index in [4.69, 9.17) is 14.6 Å². The van der Waals surface area contributed by atoms with Crippen LogP contribution >= 0.6 is 0 Å². The summed E-state index contributed by atoms with van der Waals surface area (Å²) in [6, 6.07) is 0. The van der Waals surface area contributed by atoms with Crippen LogP contribution in [0, 0.1) is 11.8 Å². The molecule has 0 fully saturated rings. The highest BCUT2D eigenvalue weighted by atomic mass is 16.6. The topological polar surface area (TPSA) is 55.8 Å². The van der Waals surface area contributed by atoms with Gasteiger partial charge in [-0.2, -0.15) is 0 Å². The van der Waals surface area contributed by atoms with Gasteiger partial charge in [0.05, 0.1) is 0 Å². The number of hydrogen-bond acceptors (Lipinski definition) is 4. The highest BCUT2D eigenvalue weighted by molar-refractivity contribution is 5.71. The molecule has 80 valence electrons. The van der Waals surface area contributed by atoms with Gasteiger partial charge in [0.1, 0.15) is 25.4 Å². The van der Waals surface area contributed by atoms with Crippen molar-refractivity contribution in [3.05, 3.63) is 0 Å². The molecule has 0 aliphatic heterocycles. The van der Waals surface area contributed by atoms with Crippen LogP contribution in [0.1, 0.15) is 20.8 Å². The molecule has 0 atom stereocenters. The van der Waals surface area contributed by atoms with Crippen LogP contribution in [0.25, 0.3) is 0 Å². The fourth-order valence-electron chi connectivity index (χ4n) is 0.663. The predicted octanol–water partition coefficient (Wildman–Crippen LogP) is 0.340. The van der Waals surface area contributed by atoms with Crippen molar-refractivity contribution in [1.82, 2.24) is 0 Å². The summed E-state index contributed by atoms with van der Waals surface area (Å²) in [4.78, 5) is 11.0. The van der Waals surface area contributed by atoms with Gasteiger partial charge in [-0.1, -0.05) is 11.8 Å². The molecule has 14 heavy (non-hydrogen) atoms. The number of esters is 1. The third kappa shape index (κ3) is 9.04. The van der Waals surface area contributed by atoms with E-state index in [1.165, 1.54) is 0 Å². The number of ether oxygens (including phenoxy) is 2. The van der Waals surface area contributed by atoms with Gasteiger partial charge in [-0.15, -0.1) is 0 Å². The molecule has 0 heterocycles. The smallest absolute Gasteiger partial charge is 0.332 e. The summed E-state index contributed by atoms with van der Waals surface area (Å²) in [5, 5.41) is 8.31. The zero-order valence-electron chi connectivity index (χ0n) is 8.79. The maximum Gasteiger partial charge on any atom is 0.332 e. The summed E-state index contributed by atoms with van der Waals surface area (Å²) in [7, 11) is 0. The van der Waals surface area contributed by atoms with Gasteiger partial charge in [0.2, 0.25) is 0 Å². The maximum atomic E-state index is 11.0. The van der Waals surface area contributed by atoms with Crippen molar-refractivity contribution in [2.75, 3.05) is 19.8 Å². The minimum absolute atomic E-state index is 0.114. The normalized spacial score (nSPS) is 10.3. The minimum Gasteiger partial charge on any atom is -0.458 e. The zero-order valence-corrected chi connectivity index (χ0v) is 8.79. The molecule has 0 saturated heterocycles. The third-order valence-electron chi connectivity index (χ3n) is 1.02. The van der Waals surface area contributed by atoms with E-state index in [-0.39, 0.29) is 19.8 Å². The average molecular weight is 200 g/mol. The van der Waals surface area contributed by atoms with Crippen LogP contribution in [-0.2, 0) is 14.3 Å². The highest BCUT2D eigenvalue weighted by Gasteiger charge is 2.15. The number of carbonyl (C=O) groups is 1. The van der Waals surface area contributed by atoms with Gasteiger partial charge in [0, 0.05) is 0 Å². The Kier molecular flexibility index (Phi) is 5.93. The van der Waals surface area contributed by atoms with Gasteiger partial charge in [-0.05, 0) is 20.8 Å². The molecule has 0 saturated carbocycles. The lowest BCUT2D eigenvalue weighted by atomic mass is 10.2. The zero-order chi connectivity index (χ0) is 11.0. The van der Waals surface area contributed by atoms with Gasteiger partial charge in [0.15, 0.2) is 0 Å². The number of hydrogen-bond donors (Lipinski definition) is 1. The van der Waals surface area contributed by atoms with Crippen molar-refractivity contribution < 1.29 is 19.4 Å². The third-order valence-corrected chi connectivity index (χ3v) is 1.02. The molecule has 0 aromatic rings. The molecule has 0 aliphatic rings. The number of aliphatic hydroxyl groups excluding tert-OH is 1. The van der Waals surface area contributed by atoms with E-state index in [0.29, 0.717) is 0 Å². The molecule has 0 radical (unpaired) electrons. The molecule has 0 aliphatic carbocycles. The van der Waals surface area contributed by atoms with E-state index >= 15 is 0 Å². The lowest BCUT2D eigenvalue weighted by molar-refractivity contribution is -0.159. The summed E-state index contributed by atoms with van der Waals surface area (Å²) >= 11 is 0. The summed E-state index contributed by atoms with van der Waals surface area (Å²) in [6.07, 6.45) is 0. The lowest BCUT2D eigenvalue weighted by Gasteiger charge is -2.19. The first-order valence-electron chi connectivity index (χ1n) is 4.32. The molecule has 0 rings (SSSR count). The summed E-state index contributed by atoms with van der Waals surface area (Å²) in [5.74, 6) is 4.51. The molecule has 0 spiro atoms. The Bertz CT molecular complexity index is 229. The Hall–Kier alpha value is -1.05. The van der Waals surface area contributed by atoms with Gasteiger partial charge >= 0.3 is 5.97 Å². The Balaban J connectivity index is 3.55. The Morgan fingerprint density at radius 1 is 1.36 bits per heavy atom. The van der Waals surface area contributed by atoms with Crippen LogP contribution in [0.15, 0.2) is 0 Å². The van der Waals surface area contributed by atoms with E-state index in [9.17, 15) is 4.79 Å². The number of carbonyl (C=O) groups excluding carboxylic acids is 1. The molecule has 0 unspecified atom stereocenters. The van der Waals surface area contributed by atoms with Crippen LogP contribution in [0.5, 0.6) is 0 Å². The molecule has 4 nitrogen and oxygen atoms in total. The lowest BCUT2D eigenvalue weighted by Crippen LogP contribution is -2.26. The summed E-state index contributed by atoms with van der Waals surface area (Å²) in [5.41, 5.74) is -0.489. The van der Waals surface area contributed by atoms with Crippen molar-refractivity contribution in [2.45, 2.75) is 26.4 Å². The summed E-state index contributed by atoms with van der Waals surface area (Å²) < 4.78 is 9.87. The quantitative estimate of drug-likeness (QED) is 0.405. The first kappa shape index (κ1) is 12.9. The minimum atomic E-state index is -0.489. The van der Waals surface area contributed by atoms with Crippen molar-refractivity contribution in [3.63, 3.8) is 0 Å². The van der Waals surface area contributed by atoms with Crippen molar-refractivity contribution in [3.8, 4) is 11.8 Å². The van der Waals surface area contributed by atoms with Gasteiger partial charge in [-0.3, -0.25) is 0 Å². The largest absolute Gasteiger partial charge is 0.458 e. The maximum absolute atomic E-state index is 11.0. The molecule has 4 heteroatoms. The van der Waals surface area contributed by atoms with E-state index in [0.717, 1.165) is 0 Å². The van der Waals surface area contributed by atoms with Crippen molar-refractivity contribution in [1.29, 1.82) is 0 Å². The molecule has 0 amide bonds. The first-order valence-corrected chi connectivity index (χ1v) is 4.32. The average Bonchev–Trinajstić information content (AvgIpc) is 2.00. The standard InChI is InChI=1S/C10H16O4/c1-10(2,3)14-9(12)8-13-7-5-4-6-11/h11H,6-8H2,1-3H3. The van der Waals surface area contributed by atoms with Crippen LogP contribution < -0.4 is 0 Å². The Labute approximate surface area is 84.2 Å². The second-order valence-corrected chi connectivity index (χ2v) is 3.59. The second kappa shape index (κ2) is 6.41. The second-order valence-electron chi connectivity index (χ2n) is 3.59. The van der Waals surface area contributed by atoms with Gasteiger partial charge in [0.25, 0.3) is 0 Å². The van der Waals surface area contributed by atoms with E-state index in [1.54, 1.807) is 20.8 Å². The number of rotatable bonds is 3. The van der Waals surface area contributed by atoms with Crippen molar-refractivity contribution in [2.24, 2.45) is 0 Å². The van der Waals surface area contributed by atoms with E-state index in [1.807, 2.05) is 0 Å². The highest BCUT2D eigenvalue weighted by Crippen LogP contribution is 2.06. The van der Waals surface area contributed by atoms with Crippen molar-refractivity contribution >= 4 is 5.97 Å². The van der Waals surface area contributed by atoms with E-state index in [2.05, 4.69) is 11.8 Å². The first-order chi connectivity index (χ1) is 6.45. The Morgan fingerprint density at radius 2 is 2.00 bits per heavy atom. The molecule has 1 N–H and O–H groups in total. The molecule has 0 aromatic heterocycles. The van der Waals surface area contributed by atoms with Gasteiger partial charge in [-0.25, -0.2) is 4.79 Å². The SMILES string of the molecule is CC(C)(C)OC(=O)COCC#CCO.